The van der Waals surface area contributed by atoms with Gasteiger partial charge in [-0.15, -0.1) is 0 Å². The fourth-order valence-corrected chi connectivity index (χ4v) is 0.306. The summed E-state index contributed by atoms with van der Waals surface area (Å²) in [4.78, 5) is 0. The molecule has 0 saturated carbocycles. The first-order chi connectivity index (χ1) is 4.39. The fourth-order valence-electron chi connectivity index (χ4n) is 0.306. The molecule has 0 aromatic rings. The quantitative estimate of drug-likeness (QED) is 0.530. The van der Waals surface area contributed by atoms with Crippen molar-refractivity contribution in [1.82, 2.24) is 5.32 Å². The third-order valence-electron chi connectivity index (χ3n) is 0.789. The van der Waals surface area contributed by atoms with E-state index in [9.17, 15) is 0 Å². The Morgan fingerprint density at radius 1 is 1.22 bits per heavy atom. The minimum Gasteiger partial charge on any atom is -0.385 e. The summed E-state index contributed by atoms with van der Waals surface area (Å²) in [6.45, 7) is 11.1. The summed E-state index contributed by atoms with van der Waals surface area (Å²) < 4.78 is 0. The standard InChI is InChI=1S/C4H7N.2C2H6/c1-4-2-3-5-4;2*1-2/h2,5H,3H2,1H3;2*1-2H3. The van der Waals surface area contributed by atoms with E-state index in [1.807, 2.05) is 27.7 Å². The first-order valence-corrected chi connectivity index (χ1v) is 3.80. The van der Waals surface area contributed by atoms with Gasteiger partial charge in [0, 0.05) is 12.2 Å². The zero-order valence-electron chi connectivity index (χ0n) is 7.28. The normalized spacial score (nSPS) is 11.9. The maximum atomic E-state index is 3.07. The van der Waals surface area contributed by atoms with Crippen LogP contribution in [0.5, 0.6) is 0 Å². The Balaban J connectivity index is 0. The van der Waals surface area contributed by atoms with Gasteiger partial charge in [-0.05, 0) is 13.0 Å². The Hall–Kier alpha value is -0.460. The number of hydrogen-bond acceptors (Lipinski definition) is 1. The van der Waals surface area contributed by atoms with Crippen LogP contribution in [0.2, 0.25) is 0 Å². The Morgan fingerprint density at radius 2 is 1.44 bits per heavy atom. The van der Waals surface area contributed by atoms with Crippen LogP contribution in [0.25, 0.3) is 0 Å². The maximum absolute atomic E-state index is 3.07. The number of allylic oxidation sites excluding steroid dienone is 1. The predicted molar refractivity (Wildman–Crippen MR) is 44.5 cm³/mol. The molecule has 1 nitrogen and oxygen atoms in total. The Kier molecular flexibility index (Phi) is 13.3. The largest absolute Gasteiger partial charge is 0.385 e. The van der Waals surface area contributed by atoms with Gasteiger partial charge < -0.3 is 5.32 Å². The van der Waals surface area contributed by atoms with Crippen LogP contribution >= 0.6 is 0 Å². The molecule has 0 amide bonds. The predicted octanol–water partition coefficient (Wildman–Crippen LogP) is 2.55. The molecule has 0 aliphatic carbocycles. The van der Waals surface area contributed by atoms with Crippen molar-refractivity contribution in [3.63, 3.8) is 0 Å². The summed E-state index contributed by atoms with van der Waals surface area (Å²) in [5.41, 5.74) is 1.31. The molecule has 1 heteroatoms. The lowest BCUT2D eigenvalue weighted by molar-refractivity contribution is 0.813. The highest BCUT2D eigenvalue weighted by atomic mass is 14.9. The summed E-state index contributed by atoms with van der Waals surface area (Å²) in [5.74, 6) is 0. The van der Waals surface area contributed by atoms with Crippen molar-refractivity contribution in [3.05, 3.63) is 11.8 Å². The highest BCUT2D eigenvalue weighted by molar-refractivity contribution is 5.06. The van der Waals surface area contributed by atoms with E-state index in [0.717, 1.165) is 6.54 Å². The maximum Gasteiger partial charge on any atom is 0.0347 e. The van der Waals surface area contributed by atoms with Crippen molar-refractivity contribution in [1.29, 1.82) is 0 Å². The molecule has 1 heterocycles. The van der Waals surface area contributed by atoms with Gasteiger partial charge in [0.25, 0.3) is 0 Å². The van der Waals surface area contributed by atoms with E-state index in [1.165, 1.54) is 5.70 Å². The van der Waals surface area contributed by atoms with Crippen molar-refractivity contribution in [3.8, 4) is 0 Å². The van der Waals surface area contributed by atoms with Gasteiger partial charge in [-0.25, -0.2) is 0 Å². The van der Waals surface area contributed by atoms with Gasteiger partial charge in [-0.1, -0.05) is 27.7 Å². The molecule has 0 spiro atoms. The zero-order valence-corrected chi connectivity index (χ0v) is 7.28. The van der Waals surface area contributed by atoms with Crippen LogP contribution in [0.1, 0.15) is 34.6 Å². The van der Waals surface area contributed by atoms with Crippen LogP contribution in [0.15, 0.2) is 11.8 Å². The molecule has 1 rings (SSSR count). The lowest BCUT2D eigenvalue weighted by Gasteiger charge is -2.10. The summed E-state index contributed by atoms with van der Waals surface area (Å²) >= 11 is 0. The Labute approximate surface area is 59.2 Å². The number of rotatable bonds is 0. The zero-order chi connectivity index (χ0) is 7.70. The monoisotopic (exact) mass is 129 g/mol. The second kappa shape index (κ2) is 10.5. The molecule has 56 valence electrons. The van der Waals surface area contributed by atoms with Gasteiger partial charge in [0.15, 0.2) is 0 Å². The average molecular weight is 129 g/mol. The molecule has 0 aromatic heterocycles. The average Bonchev–Trinajstić information content (AvgIpc) is 1.93. The molecule has 0 radical (unpaired) electrons. The third kappa shape index (κ3) is 7.54. The molecule has 9 heavy (non-hydrogen) atoms. The molecule has 0 saturated heterocycles. The first-order valence-electron chi connectivity index (χ1n) is 3.80. The Bertz CT molecular complexity index is 65.0. The smallest absolute Gasteiger partial charge is 0.0347 e. The van der Waals surface area contributed by atoms with Crippen LogP contribution in [0, 0.1) is 0 Å². The molecule has 0 bridgehead atoms. The summed E-state index contributed by atoms with van der Waals surface area (Å²) in [7, 11) is 0. The molecule has 0 fully saturated rings. The molecular formula is C8H19N. The van der Waals surface area contributed by atoms with Crippen LogP contribution in [-0.2, 0) is 0 Å². The van der Waals surface area contributed by atoms with Crippen molar-refractivity contribution in [2.24, 2.45) is 0 Å². The minimum absolute atomic E-state index is 1.08. The van der Waals surface area contributed by atoms with E-state index < -0.39 is 0 Å². The van der Waals surface area contributed by atoms with Crippen molar-refractivity contribution < 1.29 is 0 Å². The van der Waals surface area contributed by atoms with Crippen molar-refractivity contribution in [2.75, 3.05) is 6.54 Å². The van der Waals surface area contributed by atoms with Gasteiger partial charge in [0.1, 0.15) is 0 Å². The summed E-state index contributed by atoms with van der Waals surface area (Å²) in [5, 5.41) is 3.07. The second-order valence-corrected chi connectivity index (χ2v) is 1.27. The number of hydrogen-bond donors (Lipinski definition) is 1. The van der Waals surface area contributed by atoms with Gasteiger partial charge in [0.05, 0.1) is 0 Å². The molecule has 1 N–H and O–H groups in total. The van der Waals surface area contributed by atoms with E-state index in [1.54, 1.807) is 0 Å². The van der Waals surface area contributed by atoms with Gasteiger partial charge in [-0.3, -0.25) is 0 Å². The highest BCUT2D eigenvalue weighted by Crippen LogP contribution is 1.91. The van der Waals surface area contributed by atoms with E-state index in [2.05, 4.69) is 18.3 Å². The van der Waals surface area contributed by atoms with E-state index in [0.29, 0.717) is 0 Å². The first kappa shape index (κ1) is 11.4. The number of nitrogens with one attached hydrogen (secondary N) is 1. The summed E-state index contributed by atoms with van der Waals surface area (Å²) in [6, 6.07) is 0. The second-order valence-electron chi connectivity index (χ2n) is 1.27. The van der Waals surface area contributed by atoms with E-state index >= 15 is 0 Å². The molecule has 1 aliphatic heterocycles. The topological polar surface area (TPSA) is 12.0 Å². The minimum atomic E-state index is 1.08. The lowest BCUT2D eigenvalue weighted by atomic mass is 10.3. The van der Waals surface area contributed by atoms with Gasteiger partial charge >= 0.3 is 0 Å². The SMILES string of the molecule is CC.CC.CC1=CCN1. The van der Waals surface area contributed by atoms with Crippen LogP contribution in [-0.4, -0.2) is 6.54 Å². The molecule has 0 atom stereocenters. The van der Waals surface area contributed by atoms with E-state index in [-0.39, 0.29) is 0 Å². The Morgan fingerprint density at radius 3 is 1.44 bits per heavy atom. The van der Waals surface area contributed by atoms with Gasteiger partial charge in [0.2, 0.25) is 0 Å². The third-order valence-corrected chi connectivity index (χ3v) is 0.789. The molecule has 0 unspecified atom stereocenters. The lowest BCUT2D eigenvalue weighted by Crippen LogP contribution is -2.20. The van der Waals surface area contributed by atoms with Crippen molar-refractivity contribution >= 4 is 0 Å². The highest BCUT2D eigenvalue weighted by Gasteiger charge is 1.91. The molecule has 1 aliphatic rings. The van der Waals surface area contributed by atoms with Crippen molar-refractivity contribution in [2.45, 2.75) is 34.6 Å². The van der Waals surface area contributed by atoms with Crippen LogP contribution < -0.4 is 5.32 Å². The molecule has 0 aromatic carbocycles. The van der Waals surface area contributed by atoms with Gasteiger partial charge in [-0.2, -0.15) is 0 Å². The summed E-state index contributed by atoms with van der Waals surface area (Å²) in [6.07, 6.45) is 2.15. The van der Waals surface area contributed by atoms with Crippen LogP contribution in [0.3, 0.4) is 0 Å². The fraction of sp³-hybridized carbons (Fsp3) is 0.750. The van der Waals surface area contributed by atoms with E-state index in [4.69, 9.17) is 0 Å². The molecular weight excluding hydrogens is 110 g/mol. The van der Waals surface area contributed by atoms with Crippen LogP contribution in [0.4, 0.5) is 0 Å².